The molecule has 0 spiro atoms. The van der Waals surface area contributed by atoms with E-state index in [-0.39, 0.29) is 39.1 Å². The Labute approximate surface area is 259 Å². The van der Waals surface area contributed by atoms with E-state index in [1.54, 1.807) is 4.90 Å². The summed E-state index contributed by atoms with van der Waals surface area (Å²) in [6.45, 7) is 3.95. The Morgan fingerprint density at radius 1 is 1.09 bits per heavy atom. The lowest BCUT2D eigenvalue weighted by atomic mass is 9.93. The third-order valence-corrected chi connectivity index (χ3v) is 11.8. The van der Waals surface area contributed by atoms with E-state index in [0.717, 1.165) is 93.6 Å². The fourth-order valence-electron chi connectivity index (χ4n) is 6.42. The zero-order valence-electron chi connectivity index (χ0n) is 24.0. The summed E-state index contributed by atoms with van der Waals surface area (Å²) in [4.78, 5) is 26.7. The van der Waals surface area contributed by atoms with Gasteiger partial charge in [0.2, 0.25) is 5.95 Å². The average Bonchev–Trinajstić information content (AvgIpc) is 3.91. The molecular formula is C31H32F3N5O3S2. The molecule has 8 rings (SSSR count). The van der Waals surface area contributed by atoms with Crippen LogP contribution in [0.2, 0.25) is 0 Å². The molecule has 0 radical (unpaired) electrons. The number of nitrogens with zero attached hydrogens (tertiary/aromatic N) is 4. The first-order chi connectivity index (χ1) is 21.2. The summed E-state index contributed by atoms with van der Waals surface area (Å²) in [5.74, 6) is 0.464. The van der Waals surface area contributed by atoms with Crippen molar-refractivity contribution >= 4 is 39.7 Å². The number of alkyl halides is 3. The fourth-order valence-corrected chi connectivity index (χ4v) is 9.04. The molecule has 8 nitrogen and oxygen atoms in total. The number of hydrogen-bond acceptors (Lipinski definition) is 8. The van der Waals surface area contributed by atoms with Gasteiger partial charge in [-0.15, -0.1) is 11.3 Å². The second kappa shape index (κ2) is 10.9. The van der Waals surface area contributed by atoms with Gasteiger partial charge in [0.05, 0.1) is 32.4 Å². The van der Waals surface area contributed by atoms with Crippen LogP contribution in [0.4, 0.5) is 24.8 Å². The number of benzene rings is 1. The van der Waals surface area contributed by atoms with E-state index in [9.17, 15) is 22.2 Å². The summed E-state index contributed by atoms with van der Waals surface area (Å²) >= 11 is 0.939. The Morgan fingerprint density at radius 2 is 1.91 bits per heavy atom. The first-order valence-electron chi connectivity index (χ1n) is 15.3. The lowest BCUT2D eigenvalue weighted by Crippen LogP contribution is -2.42. The number of carbonyl (C=O) groups excluding carboxylic acids is 1. The van der Waals surface area contributed by atoms with Gasteiger partial charge >= 0.3 is 6.18 Å². The first-order valence-corrected chi connectivity index (χ1v) is 17.4. The molecule has 2 atom stereocenters. The molecule has 2 aromatic heterocycles. The van der Waals surface area contributed by atoms with Crippen LogP contribution in [0.15, 0.2) is 29.3 Å². The zero-order chi connectivity index (χ0) is 30.2. The SMILES string of the molecule is O=C1c2sc(-c3nc(Nc4cc5c(cc4C4CC4)CN(CC4CCO4)CC5)ncc3C(F)(F)F)cc2S(=O)CCN1C1CC1. The van der Waals surface area contributed by atoms with Crippen LogP contribution in [0.5, 0.6) is 0 Å². The number of rotatable bonds is 7. The van der Waals surface area contributed by atoms with Crippen molar-refractivity contribution in [2.75, 3.05) is 37.3 Å². The number of nitrogens with one attached hydrogen (secondary N) is 1. The predicted octanol–water partition coefficient (Wildman–Crippen LogP) is 5.72. The lowest BCUT2D eigenvalue weighted by Gasteiger charge is -2.35. The zero-order valence-corrected chi connectivity index (χ0v) is 25.6. The van der Waals surface area contributed by atoms with Crippen LogP contribution in [-0.4, -0.2) is 74.0 Å². The highest BCUT2D eigenvalue weighted by molar-refractivity contribution is 7.85. The standard InChI is InChI=1S/C31H32F3N5O3S2/c32-31(33,34)23-14-35-30(37-27(23)25-13-26-28(43-25)29(40)39(20-3-4-20)8-10-44(26)41)36-24-12-18-5-7-38(16-21-6-9-42-21)15-19(18)11-22(24)17-1-2-17/h11-14,17,20-21H,1-10,15-16H2,(H,35,36,37). The minimum Gasteiger partial charge on any atom is -0.377 e. The molecule has 3 aromatic rings. The molecule has 2 saturated carbocycles. The number of amides is 1. The maximum Gasteiger partial charge on any atom is 0.420 e. The molecule has 1 N–H and O–H groups in total. The van der Waals surface area contributed by atoms with E-state index in [1.165, 1.54) is 17.2 Å². The molecule has 3 fully saturated rings. The van der Waals surface area contributed by atoms with Gasteiger partial charge in [-0.2, -0.15) is 13.2 Å². The van der Waals surface area contributed by atoms with Crippen LogP contribution in [0, 0.1) is 0 Å². The summed E-state index contributed by atoms with van der Waals surface area (Å²) in [6.07, 6.45) is 2.32. The van der Waals surface area contributed by atoms with Crippen molar-refractivity contribution < 1.29 is 26.9 Å². The summed E-state index contributed by atoms with van der Waals surface area (Å²) < 4.78 is 61.4. The van der Waals surface area contributed by atoms with E-state index in [4.69, 9.17) is 4.74 Å². The van der Waals surface area contributed by atoms with Crippen LogP contribution < -0.4 is 5.32 Å². The molecule has 0 bridgehead atoms. The number of ether oxygens (including phenoxy) is 1. The Kier molecular flexibility index (Phi) is 7.07. The van der Waals surface area contributed by atoms with E-state index in [2.05, 4.69) is 32.3 Å². The summed E-state index contributed by atoms with van der Waals surface area (Å²) in [5, 5.41) is 3.26. The highest BCUT2D eigenvalue weighted by atomic mass is 32.2. The van der Waals surface area contributed by atoms with Crippen LogP contribution in [-0.2, 0) is 34.7 Å². The van der Waals surface area contributed by atoms with Crippen molar-refractivity contribution in [2.45, 2.75) is 74.2 Å². The predicted molar refractivity (Wildman–Crippen MR) is 161 cm³/mol. The number of aromatic nitrogens is 2. The smallest absolute Gasteiger partial charge is 0.377 e. The molecule has 3 aliphatic heterocycles. The highest BCUT2D eigenvalue weighted by Crippen LogP contribution is 2.46. The van der Waals surface area contributed by atoms with Crippen LogP contribution in [0.1, 0.15) is 69.9 Å². The monoisotopic (exact) mass is 643 g/mol. The molecule has 2 unspecified atom stereocenters. The lowest BCUT2D eigenvalue weighted by molar-refractivity contribution is -0.137. The number of halogens is 3. The summed E-state index contributed by atoms with van der Waals surface area (Å²) in [6, 6.07) is 5.94. The molecule has 232 valence electrons. The van der Waals surface area contributed by atoms with Crippen LogP contribution in [0.3, 0.4) is 0 Å². The van der Waals surface area contributed by atoms with E-state index in [0.29, 0.717) is 23.5 Å². The maximum atomic E-state index is 14.2. The molecule has 1 amide bonds. The van der Waals surface area contributed by atoms with Gasteiger partial charge in [-0.1, -0.05) is 6.07 Å². The quantitative estimate of drug-likeness (QED) is 0.353. The summed E-state index contributed by atoms with van der Waals surface area (Å²) in [5.41, 5.74) is 3.18. The topological polar surface area (TPSA) is 87.7 Å². The van der Waals surface area contributed by atoms with Crippen molar-refractivity contribution in [1.82, 2.24) is 19.8 Å². The van der Waals surface area contributed by atoms with Crippen molar-refractivity contribution in [2.24, 2.45) is 0 Å². The Morgan fingerprint density at radius 3 is 2.61 bits per heavy atom. The molecule has 2 aliphatic carbocycles. The van der Waals surface area contributed by atoms with Gasteiger partial charge in [0.25, 0.3) is 5.91 Å². The van der Waals surface area contributed by atoms with Crippen molar-refractivity contribution in [1.29, 1.82) is 0 Å². The van der Waals surface area contributed by atoms with Crippen molar-refractivity contribution in [3.8, 4) is 10.6 Å². The normalized spacial score (nSPS) is 24.0. The molecule has 1 aromatic carbocycles. The summed E-state index contributed by atoms with van der Waals surface area (Å²) in [7, 11) is -1.49. The van der Waals surface area contributed by atoms with E-state index >= 15 is 0 Å². The third kappa shape index (κ3) is 5.45. The number of carbonyl (C=O) groups is 1. The Balaban J connectivity index is 1.13. The number of anilines is 2. The minimum absolute atomic E-state index is 0.0602. The molecule has 1 saturated heterocycles. The second-order valence-electron chi connectivity index (χ2n) is 12.4. The van der Waals surface area contributed by atoms with E-state index < -0.39 is 22.5 Å². The molecule has 13 heteroatoms. The number of fused-ring (bicyclic) bond motifs is 2. The Bertz CT molecular complexity index is 1670. The Hall–Kier alpha value is -2.87. The van der Waals surface area contributed by atoms with Crippen LogP contribution >= 0.6 is 11.3 Å². The van der Waals surface area contributed by atoms with Gasteiger partial charge in [0.1, 0.15) is 10.4 Å². The van der Waals surface area contributed by atoms with E-state index in [1.807, 2.05) is 0 Å². The minimum atomic E-state index is -4.71. The van der Waals surface area contributed by atoms with Gasteiger partial charge < -0.3 is 15.0 Å². The highest BCUT2D eigenvalue weighted by Gasteiger charge is 2.40. The molecule has 44 heavy (non-hydrogen) atoms. The van der Waals surface area contributed by atoms with Gasteiger partial charge in [-0.05, 0) is 73.3 Å². The largest absolute Gasteiger partial charge is 0.420 e. The fraction of sp³-hybridized carbons (Fsp3) is 0.516. The molecular weight excluding hydrogens is 612 g/mol. The molecule has 5 heterocycles. The van der Waals surface area contributed by atoms with Crippen molar-refractivity contribution in [3.05, 3.63) is 51.5 Å². The van der Waals surface area contributed by atoms with Gasteiger partial charge in [0.15, 0.2) is 0 Å². The van der Waals surface area contributed by atoms with Crippen LogP contribution in [0.25, 0.3) is 10.6 Å². The molecule has 5 aliphatic rings. The number of hydrogen-bond donors (Lipinski definition) is 1. The van der Waals surface area contributed by atoms with Gasteiger partial charge in [0, 0.05) is 56.5 Å². The van der Waals surface area contributed by atoms with Gasteiger partial charge in [-0.25, -0.2) is 9.97 Å². The second-order valence-corrected chi connectivity index (χ2v) is 15.0. The first kappa shape index (κ1) is 28.6. The maximum absolute atomic E-state index is 14.2. The van der Waals surface area contributed by atoms with Gasteiger partial charge in [-0.3, -0.25) is 13.9 Å². The van der Waals surface area contributed by atoms with Crippen molar-refractivity contribution in [3.63, 3.8) is 0 Å². The number of thiophene rings is 1. The third-order valence-electron chi connectivity index (χ3n) is 9.21. The average molecular weight is 644 g/mol.